The van der Waals surface area contributed by atoms with Crippen LogP contribution in [0.2, 0.25) is 5.02 Å². The van der Waals surface area contributed by atoms with Gasteiger partial charge >= 0.3 is 6.09 Å². The number of rotatable bonds is 2. The zero-order valence-corrected chi connectivity index (χ0v) is 14.4. The van der Waals surface area contributed by atoms with Crippen molar-refractivity contribution >= 4 is 17.7 Å². The normalized spacial score (nSPS) is 22.1. The molecule has 2 rings (SSSR count). The number of hydrogen-bond donors (Lipinski definition) is 1. The Morgan fingerprint density at radius 2 is 2.17 bits per heavy atom. The molecule has 2 atom stereocenters. The van der Waals surface area contributed by atoms with Gasteiger partial charge in [-0.2, -0.15) is 0 Å². The van der Waals surface area contributed by atoms with Gasteiger partial charge in [-0.3, -0.25) is 0 Å². The van der Waals surface area contributed by atoms with Crippen LogP contribution in [0.4, 0.5) is 9.18 Å². The molecule has 23 heavy (non-hydrogen) atoms. The summed E-state index contributed by atoms with van der Waals surface area (Å²) in [5, 5.41) is 10.5. The molecule has 2 unspecified atom stereocenters. The van der Waals surface area contributed by atoms with Crippen LogP contribution in [0.1, 0.15) is 32.8 Å². The molecule has 1 fully saturated rings. The van der Waals surface area contributed by atoms with Crippen molar-refractivity contribution in [3.05, 3.63) is 34.6 Å². The van der Waals surface area contributed by atoms with E-state index in [1.54, 1.807) is 17.0 Å². The monoisotopic (exact) mass is 343 g/mol. The topological polar surface area (TPSA) is 49.8 Å². The van der Waals surface area contributed by atoms with Crippen LogP contribution >= 0.6 is 11.6 Å². The Hall–Kier alpha value is -1.33. The van der Waals surface area contributed by atoms with Crippen molar-refractivity contribution in [2.24, 2.45) is 5.92 Å². The molecule has 1 aromatic rings. The Balaban J connectivity index is 2.04. The Labute approximate surface area is 141 Å². The summed E-state index contributed by atoms with van der Waals surface area (Å²) in [4.78, 5) is 13.7. The molecule has 0 aromatic heterocycles. The average Bonchev–Trinajstić information content (AvgIpc) is 2.42. The maximum absolute atomic E-state index is 13.9. The molecule has 1 saturated heterocycles. The van der Waals surface area contributed by atoms with E-state index >= 15 is 0 Å². The quantitative estimate of drug-likeness (QED) is 0.892. The second kappa shape index (κ2) is 7.05. The lowest BCUT2D eigenvalue weighted by Crippen LogP contribution is -2.48. The molecule has 0 saturated carbocycles. The molecule has 1 heterocycles. The third-order valence-electron chi connectivity index (χ3n) is 3.84. The van der Waals surface area contributed by atoms with Crippen LogP contribution in [0.5, 0.6) is 0 Å². The summed E-state index contributed by atoms with van der Waals surface area (Å²) in [7, 11) is 0. The summed E-state index contributed by atoms with van der Waals surface area (Å²) in [6, 6.07) is 4.51. The second-order valence-electron chi connectivity index (χ2n) is 6.98. The van der Waals surface area contributed by atoms with Crippen LogP contribution in [0.25, 0.3) is 0 Å². The number of hydrogen-bond acceptors (Lipinski definition) is 3. The summed E-state index contributed by atoms with van der Waals surface area (Å²) in [5.74, 6) is -0.619. The maximum atomic E-state index is 13.9. The van der Waals surface area contributed by atoms with Gasteiger partial charge in [-0.05, 0) is 51.3 Å². The van der Waals surface area contributed by atoms with Gasteiger partial charge in [0.2, 0.25) is 0 Å². The number of aliphatic hydroxyl groups excluding tert-OH is 1. The predicted octanol–water partition coefficient (Wildman–Crippen LogP) is 3.64. The predicted molar refractivity (Wildman–Crippen MR) is 87.0 cm³/mol. The summed E-state index contributed by atoms with van der Waals surface area (Å²) in [5.41, 5.74) is -0.0743. The lowest BCUT2D eigenvalue weighted by molar-refractivity contribution is -0.00834. The molecule has 0 radical (unpaired) electrons. The van der Waals surface area contributed by atoms with Crippen molar-refractivity contribution in [3.63, 3.8) is 0 Å². The molecule has 0 spiro atoms. The Morgan fingerprint density at radius 3 is 2.78 bits per heavy atom. The highest BCUT2D eigenvalue weighted by atomic mass is 35.5. The minimum atomic E-state index is -0.566. The fourth-order valence-electron chi connectivity index (χ4n) is 2.68. The number of piperidine rings is 1. The molecule has 4 nitrogen and oxygen atoms in total. The number of carbonyl (C=O) groups is 1. The lowest BCUT2D eigenvalue weighted by atomic mass is 9.88. The third-order valence-corrected chi connectivity index (χ3v) is 4.08. The highest BCUT2D eigenvalue weighted by molar-refractivity contribution is 6.30. The van der Waals surface area contributed by atoms with E-state index in [1.165, 1.54) is 6.07 Å². The molecule has 1 aliphatic heterocycles. The van der Waals surface area contributed by atoms with Gasteiger partial charge in [-0.1, -0.05) is 17.7 Å². The summed E-state index contributed by atoms with van der Waals surface area (Å²) in [6.45, 7) is 6.21. The Bertz CT molecular complexity index is 573. The van der Waals surface area contributed by atoms with Crippen molar-refractivity contribution in [1.29, 1.82) is 0 Å². The number of carbonyl (C=O) groups excluding carboxylic acids is 1. The summed E-state index contributed by atoms with van der Waals surface area (Å²) >= 11 is 5.76. The zero-order chi connectivity index (χ0) is 17.2. The lowest BCUT2D eigenvalue weighted by Gasteiger charge is -2.37. The first kappa shape index (κ1) is 18.0. The molecule has 1 aromatic carbocycles. The van der Waals surface area contributed by atoms with E-state index in [2.05, 4.69) is 0 Å². The van der Waals surface area contributed by atoms with E-state index in [9.17, 15) is 14.3 Å². The van der Waals surface area contributed by atoms with Gasteiger partial charge in [0.05, 0.1) is 6.10 Å². The largest absolute Gasteiger partial charge is 0.444 e. The van der Waals surface area contributed by atoms with Crippen LogP contribution in [-0.2, 0) is 11.2 Å². The Kier molecular flexibility index (Phi) is 5.53. The van der Waals surface area contributed by atoms with Gasteiger partial charge in [0.25, 0.3) is 0 Å². The summed E-state index contributed by atoms with van der Waals surface area (Å²) < 4.78 is 19.3. The van der Waals surface area contributed by atoms with Crippen molar-refractivity contribution < 1.29 is 19.0 Å². The number of ether oxygens (including phenoxy) is 1. The maximum Gasteiger partial charge on any atom is 0.410 e. The molecule has 6 heteroatoms. The molecular formula is C17H23ClFNO3. The first-order valence-corrected chi connectivity index (χ1v) is 8.13. The van der Waals surface area contributed by atoms with Gasteiger partial charge in [0.1, 0.15) is 11.4 Å². The average molecular weight is 344 g/mol. The highest BCUT2D eigenvalue weighted by Crippen LogP contribution is 2.25. The van der Waals surface area contributed by atoms with E-state index < -0.39 is 17.8 Å². The fourth-order valence-corrected chi connectivity index (χ4v) is 2.84. The third kappa shape index (κ3) is 5.08. The van der Waals surface area contributed by atoms with Crippen LogP contribution in [0, 0.1) is 11.7 Å². The van der Waals surface area contributed by atoms with E-state index in [4.69, 9.17) is 16.3 Å². The first-order valence-electron chi connectivity index (χ1n) is 7.75. The molecule has 1 aliphatic rings. The first-order chi connectivity index (χ1) is 10.7. The molecule has 1 amide bonds. The number of likely N-dealkylation sites (tertiary alicyclic amines) is 1. The minimum Gasteiger partial charge on any atom is -0.444 e. The molecule has 128 valence electrons. The van der Waals surface area contributed by atoms with Gasteiger partial charge in [-0.25, -0.2) is 9.18 Å². The van der Waals surface area contributed by atoms with Crippen LogP contribution < -0.4 is 0 Å². The molecule has 1 N–H and O–H groups in total. The Morgan fingerprint density at radius 1 is 1.48 bits per heavy atom. The SMILES string of the molecule is CC(C)(C)OC(=O)N1CCC(O)C(Cc2ccc(Cl)cc2F)C1. The number of amides is 1. The number of benzene rings is 1. The number of halogens is 2. The van der Waals surface area contributed by atoms with E-state index in [0.717, 1.165) is 0 Å². The highest BCUT2D eigenvalue weighted by Gasteiger charge is 2.33. The molecular weight excluding hydrogens is 321 g/mol. The molecule has 0 bridgehead atoms. The fraction of sp³-hybridized carbons (Fsp3) is 0.588. The smallest absolute Gasteiger partial charge is 0.410 e. The van der Waals surface area contributed by atoms with Crippen LogP contribution in [0.3, 0.4) is 0 Å². The van der Waals surface area contributed by atoms with Gasteiger partial charge < -0.3 is 14.7 Å². The van der Waals surface area contributed by atoms with Crippen LogP contribution in [0.15, 0.2) is 18.2 Å². The van der Waals surface area contributed by atoms with Crippen LogP contribution in [-0.4, -0.2) is 40.9 Å². The van der Waals surface area contributed by atoms with E-state index in [0.29, 0.717) is 36.5 Å². The van der Waals surface area contributed by atoms with Gasteiger partial charge in [-0.15, -0.1) is 0 Å². The number of nitrogens with zero attached hydrogens (tertiary/aromatic N) is 1. The standard InChI is InChI=1S/C17H23ClFNO3/c1-17(2,3)23-16(22)20-7-6-15(21)12(10-20)8-11-4-5-13(18)9-14(11)19/h4-5,9,12,15,21H,6-8,10H2,1-3H3. The second-order valence-corrected chi connectivity index (χ2v) is 7.42. The van der Waals surface area contributed by atoms with Gasteiger partial charge in [0, 0.05) is 24.0 Å². The van der Waals surface area contributed by atoms with E-state index in [-0.39, 0.29) is 11.7 Å². The van der Waals surface area contributed by atoms with Crippen molar-refractivity contribution in [2.45, 2.75) is 45.3 Å². The van der Waals surface area contributed by atoms with Crippen molar-refractivity contribution in [2.75, 3.05) is 13.1 Å². The zero-order valence-electron chi connectivity index (χ0n) is 13.7. The minimum absolute atomic E-state index is 0.230. The van der Waals surface area contributed by atoms with E-state index in [1.807, 2.05) is 20.8 Å². The van der Waals surface area contributed by atoms with Gasteiger partial charge in [0.15, 0.2) is 0 Å². The van der Waals surface area contributed by atoms with Crippen molar-refractivity contribution in [3.8, 4) is 0 Å². The summed E-state index contributed by atoms with van der Waals surface area (Å²) in [6.07, 6.45) is -0.155. The van der Waals surface area contributed by atoms with Crippen molar-refractivity contribution in [1.82, 2.24) is 4.90 Å². The molecule has 0 aliphatic carbocycles. The number of aliphatic hydroxyl groups is 1.